The van der Waals surface area contributed by atoms with Crippen LogP contribution in [0.3, 0.4) is 0 Å². The smallest absolute Gasteiger partial charge is 0.240 e. The number of imide groups is 1. The Balaban J connectivity index is 1.66. The van der Waals surface area contributed by atoms with Gasteiger partial charge in [-0.3, -0.25) is 14.4 Å². The number of carbonyl (C=O) groups excluding carboxylic acids is 3. The Morgan fingerprint density at radius 1 is 1.00 bits per heavy atom. The zero-order chi connectivity index (χ0) is 20.4. The van der Waals surface area contributed by atoms with Crippen molar-refractivity contribution < 1.29 is 14.4 Å². The monoisotopic (exact) mass is 426 g/mol. The fourth-order valence-electron chi connectivity index (χ4n) is 4.92. The molecule has 2 aromatic carbocycles. The lowest BCUT2D eigenvalue weighted by molar-refractivity contribution is -0.129. The Bertz CT molecular complexity index is 1110. The maximum atomic E-state index is 13.5. The average molecular weight is 427 g/mol. The first-order valence-corrected chi connectivity index (χ1v) is 10.0. The van der Waals surface area contributed by atoms with Crippen molar-refractivity contribution in [2.45, 2.75) is 19.0 Å². The van der Waals surface area contributed by atoms with Crippen molar-refractivity contribution in [3.05, 3.63) is 69.8 Å². The molecule has 0 spiro atoms. The average Bonchev–Trinajstić information content (AvgIpc) is 3.16. The second-order valence-electron chi connectivity index (χ2n) is 7.55. The Morgan fingerprint density at radius 2 is 1.72 bits per heavy atom. The zero-order valence-corrected chi connectivity index (χ0v) is 16.9. The second kappa shape index (κ2) is 6.44. The Labute approximate surface area is 177 Å². The molecule has 3 aliphatic rings. The number of amides is 2. The lowest BCUT2D eigenvalue weighted by Crippen LogP contribution is -2.43. The molecule has 2 fully saturated rings. The Kier molecular flexibility index (Phi) is 4.09. The molecular formula is C22H16Cl2N2O3. The number of hydrogen-bond donors (Lipinski definition) is 0. The number of nitrogens with zero attached hydrogens (tertiary/aromatic N) is 2. The van der Waals surface area contributed by atoms with Crippen molar-refractivity contribution in [3.63, 3.8) is 0 Å². The molecule has 2 aromatic rings. The molecule has 0 radical (unpaired) electrons. The summed E-state index contributed by atoms with van der Waals surface area (Å²) >= 11 is 12.3. The predicted octanol–water partition coefficient (Wildman–Crippen LogP) is 4.10. The van der Waals surface area contributed by atoms with E-state index in [1.165, 1.54) is 13.0 Å². The highest BCUT2D eigenvalue weighted by Gasteiger charge is 2.64. The number of ketones is 1. The van der Waals surface area contributed by atoms with E-state index >= 15 is 0 Å². The summed E-state index contributed by atoms with van der Waals surface area (Å²) in [7, 11) is 0. The molecule has 7 heteroatoms. The van der Waals surface area contributed by atoms with Crippen LogP contribution in [0, 0.1) is 11.8 Å². The summed E-state index contributed by atoms with van der Waals surface area (Å²) in [5, 5.41) is 0.636. The van der Waals surface area contributed by atoms with Gasteiger partial charge >= 0.3 is 0 Å². The van der Waals surface area contributed by atoms with Gasteiger partial charge in [-0.25, -0.2) is 4.90 Å². The first kappa shape index (κ1) is 18.4. The minimum Gasteiger partial charge on any atom is -0.359 e. The summed E-state index contributed by atoms with van der Waals surface area (Å²) in [4.78, 5) is 42.5. The molecule has 3 heterocycles. The van der Waals surface area contributed by atoms with Gasteiger partial charge in [-0.05, 0) is 42.3 Å². The van der Waals surface area contributed by atoms with Crippen LogP contribution in [0.4, 0.5) is 5.69 Å². The molecule has 2 amide bonds. The highest BCUT2D eigenvalue weighted by Crippen LogP contribution is 2.53. The Morgan fingerprint density at radius 3 is 2.45 bits per heavy atom. The summed E-state index contributed by atoms with van der Waals surface area (Å²) in [6, 6.07) is 11.3. The molecule has 3 aliphatic heterocycles. The van der Waals surface area contributed by atoms with E-state index in [2.05, 4.69) is 0 Å². The molecule has 0 N–H and O–H groups in total. The van der Waals surface area contributed by atoms with Gasteiger partial charge in [0.15, 0.2) is 5.78 Å². The van der Waals surface area contributed by atoms with E-state index in [4.69, 9.17) is 23.2 Å². The standard InChI is InChI=1S/C22H16Cl2N2O3/c1-11(27)19-17-18(20-14-5-3-2-4-12(14)8-9-25(19)20)22(29)26(21(17)28)16-7-6-13(23)10-15(16)24/h2-10,17-20H,1H3/t17-,18+,19+,20-/m1/s1. The third-order valence-electron chi connectivity index (χ3n) is 6.03. The highest BCUT2D eigenvalue weighted by molar-refractivity contribution is 6.38. The van der Waals surface area contributed by atoms with Crippen LogP contribution < -0.4 is 4.90 Å². The molecule has 0 aliphatic carbocycles. The molecule has 146 valence electrons. The third kappa shape index (κ3) is 2.51. The summed E-state index contributed by atoms with van der Waals surface area (Å²) in [5.41, 5.74) is 2.23. The van der Waals surface area contributed by atoms with Gasteiger partial charge in [-0.15, -0.1) is 0 Å². The molecule has 0 unspecified atom stereocenters. The van der Waals surface area contributed by atoms with Crippen LogP contribution in [0.1, 0.15) is 24.1 Å². The van der Waals surface area contributed by atoms with Gasteiger partial charge in [0, 0.05) is 11.2 Å². The number of halogens is 2. The fourth-order valence-corrected chi connectivity index (χ4v) is 5.41. The number of rotatable bonds is 2. The van der Waals surface area contributed by atoms with E-state index < -0.39 is 23.8 Å². The third-order valence-corrected chi connectivity index (χ3v) is 6.57. The van der Waals surface area contributed by atoms with Gasteiger partial charge < -0.3 is 4.90 Å². The van der Waals surface area contributed by atoms with Crippen molar-refractivity contribution in [3.8, 4) is 0 Å². The number of fused-ring (bicyclic) bond motifs is 5. The molecule has 5 rings (SSSR count). The SMILES string of the molecule is CC(=O)[C@H]1[C@@H]2C(=O)N(c3ccc(Cl)cc3Cl)C(=O)[C@@H]2[C@H]2c3ccccc3C=CN21. The van der Waals surface area contributed by atoms with Crippen LogP contribution in [0.25, 0.3) is 6.08 Å². The van der Waals surface area contributed by atoms with Crippen molar-refractivity contribution in [2.75, 3.05) is 4.90 Å². The van der Waals surface area contributed by atoms with Crippen LogP contribution in [-0.2, 0) is 14.4 Å². The van der Waals surface area contributed by atoms with Gasteiger partial charge in [-0.2, -0.15) is 0 Å². The minimum atomic E-state index is -0.757. The van der Waals surface area contributed by atoms with E-state index in [-0.39, 0.29) is 22.8 Å². The summed E-state index contributed by atoms with van der Waals surface area (Å²) in [6.07, 6.45) is 3.75. The number of benzene rings is 2. The molecule has 2 saturated heterocycles. The molecule has 0 aromatic heterocycles. The van der Waals surface area contributed by atoms with Crippen molar-refractivity contribution in [2.24, 2.45) is 11.8 Å². The van der Waals surface area contributed by atoms with Gasteiger partial charge in [0.1, 0.15) is 0 Å². The van der Waals surface area contributed by atoms with Crippen LogP contribution in [0.5, 0.6) is 0 Å². The van der Waals surface area contributed by atoms with E-state index in [1.807, 2.05) is 41.4 Å². The second-order valence-corrected chi connectivity index (χ2v) is 8.40. The van der Waals surface area contributed by atoms with Crippen molar-refractivity contribution in [1.82, 2.24) is 4.90 Å². The van der Waals surface area contributed by atoms with Crippen LogP contribution in [0.15, 0.2) is 48.7 Å². The lowest BCUT2D eigenvalue weighted by Gasteiger charge is -2.35. The summed E-state index contributed by atoms with van der Waals surface area (Å²) < 4.78 is 0. The van der Waals surface area contributed by atoms with Gasteiger partial charge in [0.25, 0.3) is 0 Å². The van der Waals surface area contributed by atoms with E-state index in [9.17, 15) is 14.4 Å². The van der Waals surface area contributed by atoms with E-state index in [0.717, 1.165) is 16.0 Å². The van der Waals surface area contributed by atoms with Gasteiger partial charge in [0.2, 0.25) is 11.8 Å². The van der Waals surface area contributed by atoms with E-state index in [0.29, 0.717) is 10.7 Å². The van der Waals surface area contributed by atoms with Gasteiger partial charge in [0.05, 0.1) is 34.6 Å². The molecule has 5 nitrogen and oxygen atoms in total. The Hall–Kier alpha value is -2.63. The molecular weight excluding hydrogens is 411 g/mol. The normalized spacial score (nSPS) is 27.1. The maximum absolute atomic E-state index is 13.5. The first-order chi connectivity index (χ1) is 13.9. The topological polar surface area (TPSA) is 57.7 Å². The van der Waals surface area contributed by atoms with Gasteiger partial charge in [-0.1, -0.05) is 47.5 Å². The number of anilines is 1. The molecule has 4 atom stereocenters. The van der Waals surface area contributed by atoms with Crippen LogP contribution in [-0.4, -0.2) is 28.5 Å². The summed E-state index contributed by atoms with van der Waals surface area (Å²) in [6.45, 7) is 1.47. The summed E-state index contributed by atoms with van der Waals surface area (Å²) in [5.74, 6) is -2.30. The lowest BCUT2D eigenvalue weighted by atomic mass is 9.84. The van der Waals surface area contributed by atoms with Crippen LogP contribution >= 0.6 is 23.2 Å². The predicted molar refractivity (Wildman–Crippen MR) is 110 cm³/mol. The van der Waals surface area contributed by atoms with E-state index in [1.54, 1.807) is 12.1 Å². The molecule has 0 saturated carbocycles. The number of Topliss-reactive ketones (excluding diaryl/α,β-unsaturated/α-hetero) is 1. The largest absolute Gasteiger partial charge is 0.359 e. The number of carbonyl (C=O) groups is 3. The van der Waals surface area contributed by atoms with Crippen molar-refractivity contribution in [1.29, 1.82) is 0 Å². The quantitative estimate of drug-likeness (QED) is 0.678. The fraction of sp³-hybridized carbons (Fsp3) is 0.227. The highest BCUT2D eigenvalue weighted by atomic mass is 35.5. The zero-order valence-electron chi connectivity index (χ0n) is 15.4. The number of hydrogen-bond acceptors (Lipinski definition) is 4. The van der Waals surface area contributed by atoms with Crippen LogP contribution in [0.2, 0.25) is 10.0 Å². The molecule has 29 heavy (non-hydrogen) atoms. The maximum Gasteiger partial charge on any atom is 0.240 e. The first-order valence-electron chi connectivity index (χ1n) is 9.28. The minimum absolute atomic E-state index is 0.142. The van der Waals surface area contributed by atoms with Crippen molar-refractivity contribution >= 4 is 52.6 Å². The molecule has 0 bridgehead atoms.